The zero-order valence-electron chi connectivity index (χ0n) is 12.3. The Morgan fingerprint density at radius 1 is 1.42 bits per heavy atom. The van der Waals surface area contributed by atoms with E-state index in [1.54, 1.807) is 6.33 Å². The van der Waals surface area contributed by atoms with Crippen LogP contribution in [-0.2, 0) is 18.4 Å². The second-order valence-electron chi connectivity index (χ2n) is 5.82. The van der Waals surface area contributed by atoms with Gasteiger partial charge in [-0.25, -0.2) is 4.98 Å². The molecule has 5 heteroatoms. The van der Waals surface area contributed by atoms with Gasteiger partial charge in [0.25, 0.3) is 0 Å². The molecule has 1 fully saturated rings. The lowest BCUT2D eigenvalue weighted by Gasteiger charge is -2.39. The Balaban J connectivity index is 1.99. The highest BCUT2D eigenvalue weighted by Crippen LogP contribution is 2.15. The van der Waals surface area contributed by atoms with Gasteiger partial charge in [-0.1, -0.05) is 13.8 Å². The predicted molar refractivity (Wildman–Crippen MR) is 74.5 cm³/mol. The maximum atomic E-state index is 12.3. The Morgan fingerprint density at radius 3 is 2.74 bits per heavy atom. The Labute approximate surface area is 115 Å². The van der Waals surface area contributed by atoms with E-state index < -0.39 is 0 Å². The zero-order chi connectivity index (χ0) is 14.0. The van der Waals surface area contributed by atoms with Crippen molar-refractivity contribution in [2.24, 2.45) is 13.0 Å². The fourth-order valence-electron chi connectivity index (χ4n) is 2.56. The molecule has 1 aromatic heterocycles. The fraction of sp³-hybridized carbons (Fsp3) is 0.714. The lowest BCUT2D eigenvalue weighted by atomic mass is 10.1. The van der Waals surface area contributed by atoms with E-state index in [1.165, 1.54) is 0 Å². The first-order valence-electron chi connectivity index (χ1n) is 6.97. The summed E-state index contributed by atoms with van der Waals surface area (Å²) in [5.41, 5.74) is 1.15. The number of hydrogen-bond donors (Lipinski definition) is 0. The number of carbonyl (C=O) groups excluding carboxylic acids is 1. The van der Waals surface area contributed by atoms with Crippen LogP contribution < -0.4 is 0 Å². The second-order valence-corrected chi connectivity index (χ2v) is 5.82. The van der Waals surface area contributed by atoms with Crippen LogP contribution in [-0.4, -0.2) is 50.9 Å². The Hall–Kier alpha value is -1.36. The molecule has 19 heavy (non-hydrogen) atoms. The molecule has 1 aliphatic heterocycles. The molecule has 1 atom stereocenters. The van der Waals surface area contributed by atoms with Gasteiger partial charge in [0.05, 0.1) is 18.1 Å². The first-order valence-corrected chi connectivity index (χ1v) is 6.97. The SMILES string of the molecule is CC(C)CN1CCN(Cc2cncn2C)C(C)C1=O. The molecule has 0 bridgehead atoms. The van der Waals surface area contributed by atoms with Crippen molar-refractivity contribution in [3.05, 3.63) is 18.2 Å². The van der Waals surface area contributed by atoms with Crippen LogP contribution in [0.5, 0.6) is 0 Å². The standard InChI is InChI=1S/C14H24N4O/c1-11(2)8-18-6-5-17(12(3)14(18)19)9-13-7-15-10-16(13)4/h7,10-12H,5-6,8-9H2,1-4H3. The van der Waals surface area contributed by atoms with Gasteiger partial charge >= 0.3 is 0 Å². The van der Waals surface area contributed by atoms with E-state index in [0.717, 1.165) is 31.9 Å². The minimum Gasteiger partial charge on any atom is -0.340 e. The molecule has 1 amide bonds. The van der Waals surface area contributed by atoms with Crippen LogP contribution in [0.1, 0.15) is 26.5 Å². The molecule has 106 valence electrons. The van der Waals surface area contributed by atoms with Crippen LogP contribution in [0.2, 0.25) is 0 Å². The second kappa shape index (κ2) is 5.74. The van der Waals surface area contributed by atoms with Gasteiger partial charge < -0.3 is 9.47 Å². The van der Waals surface area contributed by atoms with Gasteiger partial charge in [-0.3, -0.25) is 9.69 Å². The lowest BCUT2D eigenvalue weighted by molar-refractivity contribution is -0.142. The minimum absolute atomic E-state index is 0.0394. The highest BCUT2D eigenvalue weighted by Gasteiger charge is 2.31. The predicted octanol–water partition coefficient (Wildman–Crippen LogP) is 1.11. The van der Waals surface area contributed by atoms with Crippen molar-refractivity contribution in [2.45, 2.75) is 33.4 Å². The molecule has 1 unspecified atom stereocenters. The number of carbonyl (C=O) groups is 1. The van der Waals surface area contributed by atoms with Crippen molar-refractivity contribution in [3.63, 3.8) is 0 Å². The smallest absolute Gasteiger partial charge is 0.239 e. The van der Waals surface area contributed by atoms with E-state index in [1.807, 2.05) is 29.6 Å². The number of imidazole rings is 1. The lowest BCUT2D eigenvalue weighted by Crippen LogP contribution is -2.56. The molecule has 1 aliphatic rings. The van der Waals surface area contributed by atoms with E-state index in [9.17, 15) is 4.79 Å². The fourth-order valence-corrected chi connectivity index (χ4v) is 2.56. The van der Waals surface area contributed by atoms with Crippen LogP contribution >= 0.6 is 0 Å². The third kappa shape index (κ3) is 3.15. The summed E-state index contributed by atoms with van der Waals surface area (Å²) in [5.74, 6) is 0.780. The molecular formula is C14H24N4O. The molecule has 0 radical (unpaired) electrons. The van der Waals surface area contributed by atoms with Crippen molar-refractivity contribution < 1.29 is 4.79 Å². The van der Waals surface area contributed by atoms with Crippen molar-refractivity contribution in [1.29, 1.82) is 0 Å². The van der Waals surface area contributed by atoms with Crippen LogP contribution in [0.4, 0.5) is 0 Å². The van der Waals surface area contributed by atoms with Gasteiger partial charge in [0.1, 0.15) is 0 Å². The quantitative estimate of drug-likeness (QED) is 0.818. The first-order chi connectivity index (χ1) is 8.99. The van der Waals surface area contributed by atoms with Gasteiger partial charge in [0.15, 0.2) is 0 Å². The summed E-state index contributed by atoms with van der Waals surface area (Å²) in [5, 5.41) is 0. The van der Waals surface area contributed by atoms with Gasteiger partial charge in [-0.2, -0.15) is 0 Å². The van der Waals surface area contributed by atoms with Crippen LogP contribution in [0.25, 0.3) is 0 Å². The number of hydrogen-bond acceptors (Lipinski definition) is 3. The molecule has 1 aromatic rings. The maximum absolute atomic E-state index is 12.3. The third-order valence-corrected chi connectivity index (χ3v) is 3.74. The average molecular weight is 264 g/mol. The van der Waals surface area contributed by atoms with E-state index >= 15 is 0 Å². The molecule has 2 heterocycles. The molecule has 0 aliphatic carbocycles. The van der Waals surface area contributed by atoms with Crippen LogP contribution in [0.3, 0.4) is 0 Å². The number of piperazine rings is 1. The Kier molecular flexibility index (Phi) is 4.24. The van der Waals surface area contributed by atoms with Crippen LogP contribution in [0, 0.1) is 5.92 Å². The molecule has 0 spiro atoms. The largest absolute Gasteiger partial charge is 0.340 e. The number of aromatic nitrogens is 2. The molecule has 0 saturated carbocycles. The molecule has 0 N–H and O–H groups in total. The topological polar surface area (TPSA) is 41.4 Å². The minimum atomic E-state index is -0.0394. The van der Waals surface area contributed by atoms with Gasteiger partial charge in [0, 0.05) is 39.4 Å². The monoisotopic (exact) mass is 264 g/mol. The van der Waals surface area contributed by atoms with E-state index in [0.29, 0.717) is 5.92 Å². The van der Waals surface area contributed by atoms with Gasteiger partial charge in [-0.05, 0) is 12.8 Å². The van der Waals surface area contributed by atoms with Crippen molar-refractivity contribution >= 4 is 5.91 Å². The molecule has 1 saturated heterocycles. The van der Waals surface area contributed by atoms with E-state index in [4.69, 9.17) is 0 Å². The van der Waals surface area contributed by atoms with E-state index in [2.05, 4.69) is 23.7 Å². The Morgan fingerprint density at radius 2 is 2.16 bits per heavy atom. The molecule has 2 rings (SSSR count). The Bertz CT molecular complexity index is 440. The first kappa shape index (κ1) is 14.1. The summed E-state index contributed by atoms with van der Waals surface area (Å²) >= 11 is 0. The summed E-state index contributed by atoms with van der Waals surface area (Å²) in [7, 11) is 1.99. The number of amides is 1. The number of aryl methyl sites for hydroxylation is 1. The normalized spacial score (nSPS) is 21.4. The summed E-state index contributed by atoms with van der Waals surface area (Å²) in [6, 6.07) is -0.0394. The van der Waals surface area contributed by atoms with Crippen molar-refractivity contribution in [2.75, 3.05) is 19.6 Å². The van der Waals surface area contributed by atoms with Gasteiger partial charge in [0.2, 0.25) is 5.91 Å². The molecule has 0 aromatic carbocycles. The van der Waals surface area contributed by atoms with Crippen LogP contribution in [0.15, 0.2) is 12.5 Å². The average Bonchev–Trinajstić information content (AvgIpc) is 2.74. The highest BCUT2D eigenvalue weighted by atomic mass is 16.2. The summed E-state index contributed by atoms with van der Waals surface area (Å²) < 4.78 is 2.01. The molecule has 5 nitrogen and oxygen atoms in total. The summed E-state index contributed by atoms with van der Waals surface area (Å²) in [4.78, 5) is 20.7. The maximum Gasteiger partial charge on any atom is 0.239 e. The molecular weight excluding hydrogens is 240 g/mol. The number of rotatable bonds is 4. The highest BCUT2D eigenvalue weighted by molar-refractivity contribution is 5.82. The van der Waals surface area contributed by atoms with E-state index in [-0.39, 0.29) is 11.9 Å². The summed E-state index contributed by atoms with van der Waals surface area (Å²) in [6.07, 6.45) is 3.68. The van der Waals surface area contributed by atoms with Crippen molar-refractivity contribution in [1.82, 2.24) is 19.4 Å². The summed E-state index contributed by atoms with van der Waals surface area (Å²) in [6.45, 7) is 9.73. The third-order valence-electron chi connectivity index (χ3n) is 3.74. The number of nitrogens with zero attached hydrogens (tertiary/aromatic N) is 4. The zero-order valence-corrected chi connectivity index (χ0v) is 12.3. The van der Waals surface area contributed by atoms with Crippen molar-refractivity contribution in [3.8, 4) is 0 Å². The van der Waals surface area contributed by atoms with Gasteiger partial charge in [-0.15, -0.1) is 0 Å².